The highest BCUT2D eigenvalue weighted by Gasteiger charge is 2.13. The highest BCUT2D eigenvalue weighted by atomic mass is 32.1. The van der Waals surface area contributed by atoms with Crippen LogP contribution in [0.2, 0.25) is 0 Å². The van der Waals surface area contributed by atoms with Crippen molar-refractivity contribution in [3.63, 3.8) is 0 Å². The zero-order chi connectivity index (χ0) is 11.0. The van der Waals surface area contributed by atoms with Crippen LogP contribution in [0, 0.1) is 0 Å². The second kappa shape index (κ2) is 3.66. The lowest BCUT2D eigenvalue weighted by molar-refractivity contribution is 0.0595. The summed E-state index contributed by atoms with van der Waals surface area (Å²) in [5, 5.41) is 0. The van der Waals surface area contributed by atoms with Gasteiger partial charge in [0.2, 0.25) is 0 Å². The topological polar surface area (TPSA) is 43.6 Å². The molecule has 0 fully saturated rings. The first-order valence-electron chi connectivity index (χ1n) is 4.68. The number of thiazole rings is 1. The van der Waals surface area contributed by atoms with Crippen LogP contribution < -0.4 is 0 Å². The highest BCUT2D eigenvalue weighted by Crippen LogP contribution is 2.24. The SMILES string of the molecule is COC(=O)c1cn2cc(C(C)C)sc2n1. The van der Waals surface area contributed by atoms with Crippen molar-refractivity contribution in [2.24, 2.45) is 0 Å². The van der Waals surface area contributed by atoms with Gasteiger partial charge in [-0.1, -0.05) is 13.8 Å². The van der Waals surface area contributed by atoms with E-state index in [2.05, 4.69) is 23.6 Å². The molecule has 0 saturated heterocycles. The second-order valence-electron chi connectivity index (χ2n) is 3.60. The van der Waals surface area contributed by atoms with Crippen LogP contribution in [-0.2, 0) is 4.74 Å². The van der Waals surface area contributed by atoms with Gasteiger partial charge in [-0.05, 0) is 5.92 Å². The second-order valence-corrected chi connectivity index (χ2v) is 4.64. The monoisotopic (exact) mass is 224 g/mol. The molecular formula is C10H12N2O2S. The van der Waals surface area contributed by atoms with Crippen molar-refractivity contribution >= 4 is 22.3 Å². The summed E-state index contributed by atoms with van der Waals surface area (Å²) in [6, 6.07) is 0. The molecule has 0 aromatic carbocycles. The summed E-state index contributed by atoms with van der Waals surface area (Å²) in [6.45, 7) is 4.26. The van der Waals surface area contributed by atoms with Crippen LogP contribution in [0.3, 0.4) is 0 Å². The number of aromatic nitrogens is 2. The van der Waals surface area contributed by atoms with Crippen molar-refractivity contribution in [2.75, 3.05) is 7.11 Å². The van der Waals surface area contributed by atoms with Gasteiger partial charge >= 0.3 is 5.97 Å². The number of esters is 1. The molecule has 0 N–H and O–H groups in total. The van der Waals surface area contributed by atoms with Crippen molar-refractivity contribution in [1.29, 1.82) is 0 Å². The van der Waals surface area contributed by atoms with Crippen LogP contribution in [0.15, 0.2) is 12.4 Å². The molecule has 2 aromatic rings. The van der Waals surface area contributed by atoms with E-state index < -0.39 is 5.97 Å². The smallest absolute Gasteiger partial charge is 0.358 e. The van der Waals surface area contributed by atoms with Gasteiger partial charge in [0, 0.05) is 17.3 Å². The van der Waals surface area contributed by atoms with Gasteiger partial charge in [-0.3, -0.25) is 4.40 Å². The molecule has 0 saturated carbocycles. The number of carbonyl (C=O) groups is 1. The third kappa shape index (κ3) is 1.74. The van der Waals surface area contributed by atoms with Gasteiger partial charge in [0.05, 0.1) is 7.11 Å². The van der Waals surface area contributed by atoms with Gasteiger partial charge in [0.25, 0.3) is 0 Å². The first-order chi connectivity index (χ1) is 7.11. The van der Waals surface area contributed by atoms with E-state index in [0.717, 1.165) is 4.96 Å². The van der Waals surface area contributed by atoms with Crippen molar-refractivity contribution in [2.45, 2.75) is 19.8 Å². The number of imidazole rings is 1. The van der Waals surface area contributed by atoms with Gasteiger partial charge < -0.3 is 4.74 Å². The molecule has 80 valence electrons. The van der Waals surface area contributed by atoms with Gasteiger partial charge in [0.1, 0.15) is 0 Å². The Hall–Kier alpha value is -1.36. The maximum absolute atomic E-state index is 11.2. The first kappa shape index (κ1) is 10.2. The van der Waals surface area contributed by atoms with Gasteiger partial charge in [-0.2, -0.15) is 0 Å². The lowest BCUT2D eigenvalue weighted by atomic mass is 10.2. The van der Waals surface area contributed by atoms with E-state index in [9.17, 15) is 4.79 Å². The molecule has 2 rings (SSSR count). The zero-order valence-corrected chi connectivity index (χ0v) is 9.67. The summed E-state index contributed by atoms with van der Waals surface area (Å²) in [4.78, 5) is 17.5. The number of ether oxygens (including phenoxy) is 1. The van der Waals surface area contributed by atoms with Gasteiger partial charge in [0.15, 0.2) is 10.7 Å². The quantitative estimate of drug-likeness (QED) is 0.735. The highest BCUT2D eigenvalue weighted by molar-refractivity contribution is 7.17. The number of hydrogen-bond acceptors (Lipinski definition) is 4. The standard InChI is InChI=1S/C10H12N2O2S/c1-6(2)8-5-12-4-7(9(13)14-3)11-10(12)15-8/h4-6H,1-3H3. The fraction of sp³-hybridized carbons (Fsp3) is 0.400. The molecule has 0 amide bonds. The van der Waals surface area contributed by atoms with E-state index in [1.54, 1.807) is 17.5 Å². The predicted octanol–water partition coefficient (Wildman–Crippen LogP) is 2.31. The van der Waals surface area contributed by atoms with Gasteiger partial charge in [-0.25, -0.2) is 9.78 Å². The Labute approximate surface area is 91.5 Å². The fourth-order valence-electron chi connectivity index (χ4n) is 1.28. The lowest BCUT2D eigenvalue weighted by Crippen LogP contribution is -2.00. The van der Waals surface area contributed by atoms with Crippen molar-refractivity contribution in [1.82, 2.24) is 9.38 Å². The Morgan fingerprint density at radius 1 is 1.53 bits per heavy atom. The zero-order valence-electron chi connectivity index (χ0n) is 8.85. The first-order valence-corrected chi connectivity index (χ1v) is 5.50. The van der Waals surface area contributed by atoms with Crippen LogP contribution in [-0.4, -0.2) is 22.5 Å². The normalized spacial score (nSPS) is 11.2. The number of carbonyl (C=O) groups excluding carboxylic acids is 1. The number of hydrogen-bond donors (Lipinski definition) is 0. The van der Waals surface area contributed by atoms with Crippen LogP contribution >= 0.6 is 11.3 Å². The summed E-state index contributed by atoms with van der Waals surface area (Å²) < 4.78 is 6.47. The number of fused-ring (bicyclic) bond motifs is 1. The van der Waals surface area contributed by atoms with E-state index in [-0.39, 0.29) is 0 Å². The molecule has 0 atom stereocenters. The molecule has 2 heterocycles. The summed E-state index contributed by atoms with van der Waals surface area (Å²) >= 11 is 1.60. The van der Waals surface area contributed by atoms with Crippen LogP contribution in [0.5, 0.6) is 0 Å². The van der Waals surface area contributed by atoms with E-state index in [1.807, 2.05) is 10.6 Å². The van der Waals surface area contributed by atoms with Crippen LogP contribution in [0.4, 0.5) is 0 Å². The minimum Gasteiger partial charge on any atom is -0.464 e. The van der Waals surface area contributed by atoms with E-state index >= 15 is 0 Å². The molecule has 5 heteroatoms. The van der Waals surface area contributed by atoms with Crippen molar-refractivity contribution in [3.05, 3.63) is 23.0 Å². The molecular weight excluding hydrogens is 212 g/mol. The molecule has 2 aromatic heterocycles. The Kier molecular flexibility index (Phi) is 2.48. The Morgan fingerprint density at radius 2 is 2.27 bits per heavy atom. The van der Waals surface area contributed by atoms with Crippen LogP contribution in [0.1, 0.15) is 35.1 Å². The molecule has 0 spiro atoms. The Balaban J connectivity index is 2.42. The minimum atomic E-state index is -0.392. The molecule has 15 heavy (non-hydrogen) atoms. The van der Waals surface area contributed by atoms with Crippen LogP contribution in [0.25, 0.3) is 4.96 Å². The molecule has 0 unspecified atom stereocenters. The predicted molar refractivity (Wildman–Crippen MR) is 58.5 cm³/mol. The summed E-state index contributed by atoms with van der Waals surface area (Å²) in [5.41, 5.74) is 0.360. The van der Waals surface area contributed by atoms with Crippen molar-refractivity contribution in [3.8, 4) is 0 Å². The number of nitrogens with zero attached hydrogens (tertiary/aromatic N) is 2. The fourth-order valence-corrected chi connectivity index (χ4v) is 2.25. The Morgan fingerprint density at radius 3 is 2.80 bits per heavy atom. The minimum absolute atomic E-state index is 0.360. The Bertz CT molecular complexity index is 467. The summed E-state index contributed by atoms with van der Waals surface area (Å²) in [7, 11) is 1.36. The third-order valence-electron chi connectivity index (χ3n) is 2.14. The average molecular weight is 224 g/mol. The molecule has 0 radical (unpaired) electrons. The maximum atomic E-state index is 11.2. The van der Waals surface area contributed by atoms with E-state index in [0.29, 0.717) is 11.6 Å². The molecule has 0 bridgehead atoms. The average Bonchev–Trinajstić information content (AvgIpc) is 2.72. The lowest BCUT2D eigenvalue weighted by Gasteiger charge is -1.96. The number of methoxy groups -OCH3 is 1. The molecule has 4 nitrogen and oxygen atoms in total. The van der Waals surface area contributed by atoms with Gasteiger partial charge in [-0.15, -0.1) is 11.3 Å². The summed E-state index contributed by atoms with van der Waals surface area (Å²) in [5.74, 6) is 0.0928. The molecule has 0 aliphatic heterocycles. The van der Waals surface area contributed by atoms with E-state index in [4.69, 9.17) is 0 Å². The molecule has 0 aliphatic rings. The largest absolute Gasteiger partial charge is 0.464 e. The number of rotatable bonds is 2. The maximum Gasteiger partial charge on any atom is 0.358 e. The molecule has 0 aliphatic carbocycles. The summed E-state index contributed by atoms with van der Waals surface area (Å²) in [6.07, 6.45) is 3.70. The van der Waals surface area contributed by atoms with E-state index in [1.165, 1.54) is 12.0 Å². The van der Waals surface area contributed by atoms with Crippen molar-refractivity contribution < 1.29 is 9.53 Å². The third-order valence-corrected chi connectivity index (χ3v) is 3.43.